The summed E-state index contributed by atoms with van der Waals surface area (Å²) in [7, 11) is 0. The molecular weight excluding hydrogens is 284 g/mol. The van der Waals surface area contributed by atoms with E-state index in [9.17, 15) is 4.79 Å². The predicted octanol–water partition coefficient (Wildman–Crippen LogP) is 4.54. The third kappa shape index (κ3) is 4.98. The molecule has 1 heterocycles. The number of nitrogens with zero attached hydrogens (tertiary/aromatic N) is 1. The lowest BCUT2D eigenvalue weighted by atomic mass is 9.75. The molecule has 0 unspecified atom stereocenters. The summed E-state index contributed by atoms with van der Waals surface area (Å²) < 4.78 is 0. The van der Waals surface area contributed by atoms with Crippen molar-refractivity contribution >= 4 is 11.6 Å². The van der Waals surface area contributed by atoms with Gasteiger partial charge in [-0.15, -0.1) is 0 Å². The molecule has 130 valence electrons. The van der Waals surface area contributed by atoms with Gasteiger partial charge in [0.25, 0.3) is 0 Å². The fourth-order valence-corrected chi connectivity index (χ4v) is 3.10. The summed E-state index contributed by atoms with van der Waals surface area (Å²) in [6.45, 7) is 14.2. The van der Waals surface area contributed by atoms with Gasteiger partial charge < -0.3 is 10.2 Å². The molecule has 1 fully saturated rings. The molecule has 1 saturated heterocycles. The number of nitrogens with one attached hydrogen (secondary N) is 1. The Morgan fingerprint density at radius 2 is 1.70 bits per heavy atom. The fraction of sp³-hybridized carbons (Fsp3) is 0.650. The lowest BCUT2D eigenvalue weighted by Crippen LogP contribution is -2.50. The molecule has 23 heavy (non-hydrogen) atoms. The summed E-state index contributed by atoms with van der Waals surface area (Å²) in [4.78, 5) is 14.9. The largest absolute Gasteiger partial charge is 0.371 e. The number of aryl methyl sites for hydroxylation is 1. The zero-order chi connectivity index (χ0) is 17.5. The minimum atomic E-state index is -0.175. The van der Waals surface area contributed by atoms with E-state index in [2.05, 4.69) is 48.3 Å². The van der Waals surface area contributed by atoms with Crippen molar-refractivity contribution < 1.29 is 4.79 Å². The van der Waals surface area contributed by atoms with Crippen LogP contribution in [-0.2, 0) is 4.79 Å². The molecule has 0 aromatic heterocycles. The molecule has 2 rings (SSSR count). The van der Waals surface area contributed by atoms with Crippen molar-refractivity contribution in [2.45, 2.75) is 66.8 Å². The highest BCUT2D eigenvalue weighted by Crippen LogP contribution is 2.36. The Morgan fingerprint density at radius 1 is 1.17 bits per heavy atom. The minimum Gasteiger partial charge on any atom is -0.371 e. The van der Waals surface area contributed by atoms with Gasteiger partial charge in [0.1, 0.15) is 0 Å². The van der Waals surface area contributed by atoms with E-state index in [-0.39, 0.29) is 17.4 Å². The summed E-state index contributed by atoms with van der Waals surface area (Å²) >= 11 is 0. The van der Waals surface area contributed by atoms with Crippen molar-refractivity contribution in [2.75, 3.05) is 18.0 Å². The maximum absolute atomic E-state index is 12.5. The van der Waals surface area contributed by atoms with Gasteiger partial charge in [0.15, 0.2) is 0 Å². The Kier molecular flexibility index (Phi) is 7.60. The van der Waals surface area contributed by atoms with Crippen LogP contribution in [0, 0.1) is 12.3 Å². The third-order valence-electron chi connectivity index (χ3n) is 4.70. The second kappa shape index (κ2) is 8.95. The van der Waals surface area contributed by atoms with Crippen LogP contribution in [0.3, 0.4) is 0 Å². The first-order chi connectivity index (χ1) is 11.0. The molecule has 0 spiro atoms. The number of benzene rings is 1. The van der Waals surface area contributed by atoms with Gasteiger partial charge >= 0.3 is 0 Å². The number of piperidine rings is 1. The summed E-state index contributed by atoms with van der Waals surface area (Å²) in [5.74, 6) is 0.239. The van der Waals surface area contributed by atoms with Crippen LogP contribution in [-0.4, -0.2) is 25.0 Å². The van der Waals surface area contributed by atoms with E-state index in [1.165, 1.54) is 11.3 Å². The number of hydrogen-bond donors (Lipinski definition) is 1. The highest BCUT2D eigenvalue weighted by atomic mass is 16.2. The summed E-state index contributed by atoms with van der Waals surface area (Å²) in [5, 5.41) is 3.11. The second-order valence-corrected chi connectivity index (χ2v) is 6.58. The molecule has 1 N–H and O–H groups in total. The number of anilines is 1. The lowest BCUT2D eigenvalue weighted by molar-refractivity contribution is -0.133. The van der Waals surface area contributed by atoms with Crippen LogP contribution in [0.25, 0.3) is 0 Å². The van der Waals surface area contributed by atoms with E-state index in [0.29, 0.717) is 0 Å². The first kappa shape index (κ1) is 19.5. The van der Waals surface area contributed by atoms with Crippen molar-refractivity contribution in [3.8, 4) is 0 Å². The highest BCUT2D eigenvalue weighted by molar-refractivity contribution is 5.83. The normalized spacial score (nSPS) is 16.6. The van der Waals surface area contributed by atoms with Crippen LogP contribution in [0.5, 0.6) is 0 Å². The van der Waals surface area contributed by atoms with Crippen LogP contribution in [0.4, 0.5) is 5.69 Å². The molecule has 1 aliphatic heterocycles. The van der Waals surface area contributed by atoms with Crippen LogP contribution in [0.1, 0.15) is 59.4 Å². The predicted molar refractivity (Wildman–Crippen MR) is 100.0 cm³/mol. The average Bonchev–Trinajstić information content (AvgIpc) is 2.57. The molecule has 0 radical (unpaired) electrons. The van der Waals surface area contributed by atoms with E-state index < -0.39 is 0 Å². The minimum absolute atomic E-state index is 0.175. The molecule has 0 bridgehead atoms. The van der Waals surface area contributed by atoms with Crippen LogP contribution >= 0.6 is 0 Å². The van der Waals surface area contributed by atoms with E-state index >= 15 is 0 Å². The van der Waals surface area contributed by atoms with Crippen LogP contribution in [0.15, 0.2) is 24.3 Å². The van der Waals surface area contributed by atoms with Gasteiger partial charge in [0.05, 0.1) is 5.41 Å². The van der Waals surface area contributed by atoms with E-state index in [1.54, 1.807) is 0 Å². The van der Waals surface area contributed by atoms with Gasteiger partial charge in [-0.25, -0.2) is 0 Å². The Bertz CT molecular complexity index is 471. The summed E-state index contributed by atoms with van der Waals surface area (Å²) in [5.41, 5.74) is 2.38. The monoisotopic (exact) mass is 318 g/mol. The molecule has 1 aromatic rings. The molecule has 0 saturated carbocycles. The maximum Gasteiger partial charge on any atom is 0.226 e. The van der Waals surface area contributed by atoms with Gasteiger partial charge in [-0.3, -0.25) is 4.79 Å². The zero-order valence-corrected chi connectivity index (χ0v) is 15.8. The third-order valence-corrected chi connectivity index (χ3v) is 4.70. The van der Waals surface area contributed by atoms with Gasteiger partial charge in [-0.2, -0.15) is 0 Å². The van der Waals surface area contributed by atoms with Crippen LogP contribution in [0.2, 0.25) is 0 Å². The number of carbonyl (C=O) groups excluding carboxylic acids is 1. The Hall–Kier alpha value is -1.51. The van der Waals surface area contributed by atoms with Crippen molar-refractivity contribution in [3.63, 3.8) is 0 Å². The molecule has 1 amide bonds. The van der Waals surface area contributed by atoms with E-state index in [4.69, 9.17) is 0 Å². The van der Waals surface area contributed by atoms with Gasteiger partial charge in [-0.05, 0) is 52.2 Å². The number of hydrogen-bond acceptors (Lipinski definition) is 2. The number of carbonyl (C=O) groups is 1. The molecule has 0 aliphatic carbocycles. The van der Waals surface area contributed by atoms with Gasteiger partial charge in [-0.1, -0.05) is 38.5 Å². The maximum atomic E-state index is 12.5. The molecule has 1 aliphatic rings. The van der Waals surface area contributed by atoms with Crippen LogP contribution < -0.4 is 10.2 Å². The summed E-state index contributed by atoms with van der Waals surface area (Å²) in [6, 6.07) is 8.90. The zero-order valence-electron chi connectivity index (χ0n) is 15.8. The van der Waals surface area contributed by atoms with Gasteiger partial charge in [0, 0.05) is 24.8 Å². The van der Waals surface area contributed by atoms with Crippen molar-refractivity contribution in [2.24, 2.45) is 5.41 Å². The molecule has 3 heteroatoms. The first-order valence-electron chi connectivity index (χ1n) is 9.09. The van der Waals surface area contributed by atoms with Gasteiger partial charge in [0.2, 0.25) is 5.91 Å². The highest BCUT2D eigenvalue weighted by Gasteiger charge is 2.39. The molecule has 3 nitrogen and oxygen atoms in total. The first-order valence-corrected chi connectivity index (χ1v) is 9.09. The molecule has 0 atom stereocenters. The smallest absolute Gasteiger partial charge is 0.226 e. The molecular formula is C20H34N2O. The Balaban J connectivity index is 0.00000127. The topological polar surface area (TPSA) is 32.3 Å². The second-order valence-electron chi connectivity index (χ2n) is 6.58. The SMILES string of the molecule is CC.CCC1(C(=O)NC(C)C)CCN(c2ccc(C)cc2)CC1. The number of rotatable bonds is 4. The fourth-order valence-electron chi connectivity index (χ4n) is 3.10. The van der Waals surface area contributed by atoms with Crippen molar-refractivity contribution in [1.29, 1.82) is 0 Å². The average molecular weight is 319 g/mol. The van der Waals surface area contributed by atoms with Crippen molar-refractivity contribution in [3.05, 3.63) is 29.8 Å². The molecule has 1 aromatic carbocycles. The lowest BCUT2D eigenvalue weighted by Gasteiger charge is -2.41. The van der Waals surface area contributed by atoms with Crippen molar-refractivity contribution in [1.82, 2.24) is 5.32 Å². The Labute approximate surface area is 142 Å². The van der Waals surface area contributed by atoms with E-state index in [1.807, 2.05) is 27.7 Å². The van der Waals surface area contributed by atoms with E-state index in [0.717, 1.165) is 32.4 Å². The Morgan fingerprint density at radius 3 is 2.13 bits per heavy atom. The summed E-state index contributed by atoms with van der Waals surface area (Å²) in [6.07, 6.45) is 2.80. The standard InChI is InChI=1S/C18H28N2O.C2H6/c1-5-18(17(21)19-14(2)3)10-12-20(13-11-18)16-8-6-15(4)7-9-16;1-2/h6-9,14H,5,10-13H2,1-4H3,(H,19,21);1-2H3. The quantitative estimate of drug-likeness (QED) is 0.884. The number of amides is 1.